The van der Waals surface area contributed by atoms with Crippen LogP contribution in [0.2, 0.25) is 0 Å². The maximum Gasteiger partial charge on any atom is 0.0801 e. The first-order valence-corrected chi connectivity index (χ1v) is 11.3. The summed E-state index contributed by atoms with van der Waals surface area (Å²) >= 11 is 0. The van der Waals surface area contributed by atoms with Gasteiger partial charge in [-0.25, -0.2) is 4.98 Å². The zero-order valence-corrected chi connectivity index (χ0v) is 18.0. The Labute approximate surface area is 185 Å². The van der Waals surface area contributed by atoms with Crippen molar-refractivity contribution in [3.05, 3.63) is 100 Å². The molecule has 5 aromatic carbocycles. The number of aromatic nitrogens is 1. The third kappa shape index (κ3) is 1.78. The Morgan fingerprint density at radius 1 is 0.719 bits per heavy atom. The van der Waals surface area contributed by atoms with Gasteiger partial charge in [-0.3, -0.25) is 0 Å². The third-order valence-electron chi connectivity index (χ3n) is 7.81. The molecule has 150 valence electrons. The van der Waals surface area contributed by atoms with Crippen molar-refractivity contribution in [2.75, 3.05) is 5.32 Å². The molecule has 0 radical (unpaired) electrons. The number of hydrogen-bond donors (Lipinski definition) is 1. The lowest BCUT2D eigenvalue weighted by Gasteiger charge is -2.34. The highest BCUT2D eigenvalue weighted by Gasteiger charge is 2.32. The lowest BCUT2D eigenvalue weighted by Crippen LogP contribution is -2.30. The van der Waals surface area contributed by atoms with Gasteiger partial charge in [0.1, 0.15) is 0 Å². The molecule has 0 fully saturated rings. The van der Waals surface area contributed by atoms with Crippen LogP contribution in [-0.4, -0.2) is 4.98 Å². The molecular formula is C30H20N2. The summed E-state index contributed by atoms with van der Waals surface area (Å²) in [5.74, 6) is 0. The van der Waals surface area contributed by atoms with Gasteiger partial charge in [0.2, 0.25) is 0 Å². The number of aryl methyl sites for hydroxylation is 1. The quantitative estimate of drug-likeness (QED) is 0.222. The number of benzene rings is 5. The van der Waals surface area contributed by atoms with Gasteiger partial charge in [0.25, 0.3) is 0 Å². The van der Waals surface area contributed by atoms with Gasteiger partial charge in [-0.05, 0) is 69.8 Å². The van der Waals surface area contributed by atoms with Crippen LogP contribution in [0.4, 0.5) is 5.69 Å². The number of fused-ring (bicyclic) bond motifs is 4. The maximum atomic E-state index is 5.31. The zero-order valence-electron chi connectivity index (χ0n) is 18.0. The molecule has 1 aliphatic heterocycles. The Morgan fingerprint density at radius 2 is 1.53 bits per heavy atom. The van der Waals surface area contributed by atoms with Gasteiger partial charge in [0.05, 0.1) is 17.1 Å². The van der Waals surface area contributed by atoms with Gasteiger partial charge in [0, 0.05) is 27.2 Å². The summed E-state index contributed by atoms with van der Waals surface area (Å²) in [5, 5.41) is 13.1. The topological polar surface area (TPSA) is 24.9 Å². The largest absolute Gasteiger partial charge is 0.374 e. The van der Waals surface area contributed by atoms with E-state index in [0.29, 0.717) is 0 Å². The van der Waals surface area contributed by atoms with Crippen molar-refractivity contribution in [3.63, 3.8) is 0 Å². The molecule has 2 nitrogen and oxygen atoms in total. The van der Waals surface area contributed by atoms with E-state index >= 15 is 0 Å². The van der Waals surface area contributed by atoms with E-state index in [0.717, 1.165) is 11.0 Å². The Kier molecular flexibility index (Phi) is 2.86. The summed E-state index contributed by atoms with van der Waals surface area (Å²) in [6.45, 7) is 4.51. The highest BCUT2D eigenvalue weighted by Crippen LogP contribution is 2.48. The predicted octanol–water partition coefficient (Wildman–Crippen LogP) is 6.77. The van der Waals surface area contributed by atoms with Crippen molar-refractivity contribution < 1.29 is 0 Å². The van der Waals surface area contributed by atoms with Gasteiger partial charge in [-0.1, -0.05) is 60.7 Å². The number of hydrogen-bond acceptors (Lipinski definition) is 2. The summed E-state index contributed by atoms with van der Waals surface area (Å²) in [6.07, 6.45) is 0. The van der Waals surface area contributed by atoms with E-state index < -0.39 is 0 Å². The molecule has 0 saturated heterocycles. The number of anilines is 1. The molecule has 0 saturated carbocycles. The Bertz CT molecular complexity index is 1880. The van der Waals surface area contributed by atoms with E-state index in [4.69, 9.17) is 4.98 Å². The molecule has 1 atom stereocenters. The average Bonchev–Trinajstić information content (AvgIpc) is 2.85. The highest BCUT2D eigenvalue weighted by molar-refractivity contribution is 6.31. The number of pyridine rings is 1. The van der Waals surface area contributed by atoms with Crippen LogP contribution in [0.25, 0.3) is 48.9 Å². The minimum Gasteiger partial charge on any atom is -0.374 e. The second-order valence-corrected chi connectivity index (χ2v) is 9.25. The highest BCUT2D eigenvalue weighted by atomic mass is 14.9. The van der Waals surface area contributed by atoms with Crippen molar-refractivity contribution in [2.45, 2.75) is 19.9 Å². The lowest BCUT2D eigenvalue weighted by atomic mass is 9.78. The van der Waals surface area contributed by atoms with Crippen LogP contribution < -0.4 is 10.5 Å². The molecule has 32 heavy (non-hydrogen) atoms. The minimum atomic E-state index is 0.156. The summed E-state index contributed by atoms with van der Waals surface area (Å²) in [6, 6.07) is 26.8. The second-order valence-electron chi connectivity index (χ2n) is 9.25. The van der Waals surface area contributed by atoms with Crippen LogP contribution in [-0.2, 0) is 0 Å². The summed E-state index contributed by atoms with van der Waals surface area (Å²) < 4.78 is 0. The molecule has 1 unspecified atom stereocenters. The van der Waals surface area contributed by atoms with Crippen LogP contribution in [0.1, 0.15) is 35.2 Å². The van der Waals surface area contributed by atoms with Crippen LogP contribution in [0.3, 0.4) is 0 Å². The minimum absolute atomic E-state index is 0.156. The first-order valence-electron chi connectivity index (χ1n) is 11.3. The Morgan fingerprint density at radius 3 is 2.44 bits per heavy atom. The molecule has 8 rings (SSSR count). The molecule has 0 bridgehead atoms. The lowest BCUT2D eigenvalue weighted by molar-refractivity contribution is 0.917. The molecular weight excluding hydrogens is 388 g/mol. The number of nitrogens with zero attached hydrogens (tertiary/aromatic N) is 1. The van der Waals surface area contributed by atoms with E-state index in [1.807, 2.05) is 0 Å². The van der Waals surface area contributed by atoms with Gasteiger partial charge >= 0.3 is 0 Å². The van der Waals surface area contributed by atoms with Crippen molar-refractivity contribution >= 4 is 54.6 Å². The molecule has 2 heterocycles. The Balaban J connectivity index is 1.70. The van der Waals surface area contributed by atoms with Gasteiger partial charge in [-0.2, -0.15) is 0 Å². The predicted molar refractivity (Wildman–Crippen MR) is 134 cm³/mol. The fourth-order valence-corrected chi connectivity index (χ4v) is 6.36. The fraction of sp³-hybridized carbons (Fsp3) is 0.100. The standard InChI is InChI=1S/C30H20N2/c1-15-17-7-3-5-9-21(17)29-25-19(15)11-13-23-27(25)28-24(31-29)14-12-20-16(2)18-8-4-6-10-22(18)30(32-23)26(20)28/h3-14,29,31H,1-2H3. The Hall–Kier alpha value is -3.91. The van der Waals surface area contributed by atoms with E-state index in [1.165, 1.54) is 71.1 Å². The summed E-state index contributed by atoms with van der Waals surface area (Å²) in [4.78, 5) is 5.31. The van der Waals surface area contributed by atoms with Crippen molar-refractivity contribution in [3.8, 4) is 0 Å². The molecule has 0 spiro atoms. The number of nitrogens with one attached hydrogen (secondary N) is 1. The summed E-state index contributed by atoms with van der Waals surface area (Å²) in [7, 11) is 0. The van der Waals surface area contributed by atoms with E-state index in [9.17, 15) is 0 Å². The van der Waals surface area contributed by atoms with Gasteiger partial charge < -0.3 is 5.32 Å². The van der Waals surface area contributed by atoms with Crippen molar-refractivity contribution in [1.29, 1.82) is 0 Å². The SMILES string of the molecule is CC1=c2ccc3nc4c5ccccc5c(C)c5ccc6c(c3c2C(N6)c2ccccc21)c54. The first kappa shape index (κ1) is 16.7. The van der Waals surface area contributed by atoms with Crippen LogP contribution >= 0.6 is 0 Å². The maximum absolute atomic E-state index is 5.31. The van der Waals surface area contributed by atoms with Crippen LogP contribution in [0.15, 0.2) is 72.8 Å². The molecule has 2 aliphatic rings. The van der Waals surface area contributed by atoms with Gasteiger partial charge in [0.15, 0.2) is 0 Å². The zero-order chi connectivity index (χ0) is 21.1. The second kappa shape index (κ2) is 5.46. The third-order valence-corrected chi connectivity index (χ3v) is 7.81. The smallest absolute Gasteiger partial charge is 0.0801 e. The molecule has 2 heteroatoms. The normalized spacial score (nSPS) is 16.3. The molecule has 6 aromatic rings. The molecule has 1 N–H and O–H groups in total. The van der Waals surface area contributed by atoms with Crippen molar-refractivity contribution in [1.82, 2.24) is 4.98 Å². The molecule has 1 aliphatic carbocycles. The van der Waals surface area contributed by atoms with Crippen LogP contribution in [0.5, 0.6) is 0 Å². The molecule has 1 aromatic heterocycles. The average molecular weight is 409 g/mol. The molecule has 0 amide bonds. The van der Waals surface area contributed by atoms with E-state index in [2.05, 4.69) is 92.0 Å². The van der Waals surface area contributed by atoms with E-state index in [-0.39, 0.29) is 6.04 Å². The summed E-state index contributed by atoms with van der Waals surface area (Å²) in [5.41, 5.74) is 10.2. The van der Waals surface area contributed by atoms with Crippen LogP contribution in [0, 0.1) is 6.92 Å². The first-order chi connectivity index (χ1) is 15.7. The van der Waals surface area contributed by atoms with Gasteiger partial charge in [-0.15, -0.1) is 0 Å². The fourth-order valence-electron chi connectivity index (χ4n) is 6.36. The monoisotopic (exact) mass is 408 g/mol. The van der Waals surface area contributed by atoms with E-state index in [1.54, 1.807) is 0 Å². The van der Waals surface area contributed by atoms with Crippen molar-refractivity contribution in [2.24, 2.45) is 0 Å². The number of rotatable bonds is 0.